The van der Waals surface area contributed by atoms with Crippen LogP contribution >= 0.6 is 0 Å². The van der Waals surface area contributed by atoms with Crippen LogP contribution in [0.5, 0.6) is 5.75 Å². The lowest BCUT2D eigenvalue weighted by Crippen LogP contribution is -2.16. The standard InChI is InChI=1S/C21H18FN5O2/c1-29-17-4-2-3-16(11-17)25-21(28)18-13-24-20-10-9-19(26-27(18)20)23-12-14-5-7-15(22)8-6-14/h2-11,13H,12H2,1H3,(H,23,26)(H,25,28). The van der Waals surface area contributed by atoms with E-state index in [2.05, 4.69) is 20.7 Å². The van der Waals surface area contributed by atoms with Crippen molar-refractivity contribution in [1.29, 1.82) is 0 Å². The van der Waals surface area contributed by atoms with Gasteiger partial charge >= 0.3 is 0 Å². The highest BCUT2D eigenvalue weighted by molar-refractivity contribution is 6.03. The Morgan fingerprint density at radius 2 is 1.97 bits per heavy atom. The molecular weight excluding hydrogens is 373 g/mol. The van der Waals surface area contributed by atoms with Gasteiger partial charge < -0.3 is 15.4 Å². The minimum Gasteiger partial charge on any atom is -0.497 e. The van der Waals surface area contributed by atoms with E-state index >= 15 is 0 Å². The molecule has 0 fully saturated rings. The summed E-state index contributed by atoms with van der Waals surface area (Å²) in [6.45, 7) is 0.471. The summed E-state index contributed by atoms with van der Waals surface area (Å²) in [6, 6.07) is 16.8. The fourth-order valence-electron chi connectivity index (χ4n) is 2.81. The number of anilines is 2. The number of halogens is 1. The highest BCUT2D eigenvalue weighted by Gasteiger charge is 2.14. The smallest absolute Gasteiger partial charge is 0.276 e. The van der Waals surface area contributed by atoms with Gasteiger partial charge in [-0.25, -0.2) is 13.9 Å². The molecule has 7 nitrogen and oxygen atoms in total. The van der Waals surface area contributed by atoms with E-state index in [1.165, 1.54) is 22.8 Å². The predicted octanol–water partition coefficient (Wildman–Crippen LogP) is 3.74. The molecule has 0 aliphatic rings. The molecule has 0 bridgehead atoms. The summed E-state index contributed by atoms with van der Waals surface area (Å²) in [7, 11) is 1.57. The molecular formula is C21H18FN5O2. The Balaban J connectivity index is 1.53. The molecule has 0 atom stereocenters. The second kappa shape index (κ2) is 7.97. The first-order valence-electron chi connectivity index (χ1n) is 8.91. The predicted molar refractivity (Wildman–Crippen MR) is 108 cm³/mol. The largest absolute Gasteiger partial charge is 0.497 e. The van der Waals surface area contributed by atoms with Crippen LogP contribution in [-0.2, 0) is 6.54 Å². The van der Waals surface area contributed by atoms with Crippen LogP contribution in [0.25, 0.3) is 5.65 Å². The summed E-state index contributed by atoms with van der Waals surface area (Å²) in [5, 5.41) is 10.4. The second-order valence-corrected chi connectivity index (χ2v) is 6.30. The van der Waals surface area contributed by atoms with Crippen molar-refractivity contribution in [3.05, 3.63) is 83.9 Å². The van der Waals surface area contributed by atoms with Crippen LogP contribution in [0.3, 0.4) is 0 Å². The summed E-state index contributed by atoms with van der Waals surface area (Å²) in [5.74, 6) is 0.592. The number of fused-ring (bicyclic) bond motifs is 1. The summed E-state index contributed by atoms with van der Waals surface area (Å²) < 4.78 is 19.7. The number of nitrogens with one attached hydrogen (secondary N) is 2. The third kappa shape index (κ3) is 4.16. The van der Waals surface area contributed by atoms with E-state index in [1.54, 1.807) is 55.6 Å². The van der Waals surface area contributed by atoms with Crippen LogP contribution in [0.4, 0.5) is 15.9 Å². The van der Waals surface area contributed by atoms with Crippen LogP contribution in [0.15, 0.2) is 66.9 Å². The number of aromatic nitrogens is 3. The zero-order valence-corrected chi connectivity index (χ0v) is 15.6. The van der Waals surface area contributed by atoms with Crippen molar-refractivity contribution in [1.82, 2.24) is 14.6 Å². The molecule has 2 aromatic heterocycles. The number of amides is 1. The second-order valence-electron chi connectivity index (χ2n) is 6.30. The van der Waals surface area contributed by atoms with Crippen molar-refractivity contribution >= 4 is 23.1 Å². The van der Waals surface area contributed by atoms with Gasteiger partial charge in [-0.1, -0.05) is 18.2 Å². The Hall–Kier alpha value is -3.94. The molecule has 0 saturated carbocycles. The minimum atomic E-state index is -0.339. The fraction of sp³-hybridized carbons (Fsp3) is 0.0952. The van der Waals surface area contributed by atoms with Crippen molar-refractivity contribution < 1.29 is 13.9 Å². The van der Waals surface area contributed by atoms with Crippen molar-refractivity contribution in [3.8, 4) is 5.75 Å². The molecule has 29 heavy (non-hydrogen) atoms. The molecule has 1 amide bonds. The summed E-state index contributed by atoms with van der Waals surface area (Å²) in [5.41, 5.74) is 2.37. The van der Waals surface area contributed by atoms with Gasteiger partial charge in [-0.3, -0.25) is 4.79 Å². The molecule has 0 radical (unpaired) electrons. The van der Waals surface area contributed by atoms with Crippen molar-refractivity contribution in [2.45, 2.75) is 6.54 Å². The molecule has 0 unspecified atom stereocenters. The van der Waals surface area contributed by atoms with E-state index in [0.717, 1.165) is 5.56 Å². The van der Waals surface area contributed by atoms with E-state index in [1.807, 2.05) is 0 Å². The van der Waals surface area contributed by atoms with Crippen molar-refractivity contribution in [2.75, 3.05) is 17.7 Å². The van der Waals surface area contributed by atoms with Gasteiger partial charge in [-0.15, -0.1) is 5.10 Å². The number of imidazole rings is 1. The molecule has 2 aromatic carbocycles. The molecule has 0 aliphatic carbocycles. The molecule has 4 rings (SSSR count). The molecule has 4 aromatic rings. The van der Waals surface area contributed by atoms with Gasteiger partial charge in [-0.05, 0) is 42.0 Å². The SMILES string of the molecule is COc1cccc(NC(=O)c2cnc3ccc(NCc4ccc(F)cc4)nn23)c1. The van der Waals surface area contributed by atoms with E-state index < -0.39 is 0 Å². The molecule has 0 spiro atoms. The zero-order valence-electron chi connectivity index (χ0n) is 15.6. The number of rotatable bonds is 6. The maximum Gasteiger partial charge on any atom is 0.276 e. The number of benzene rings is 2. The fourth-order valence-corrected chi connectivity index (χ4v) is 2.81. The molecule has 146 valence electrons. The van der Waals surface area contributed by atoms with Crippen LogP contribution in [-0.4, -0.2) is 27.6 Å². The Kier molecular flexibility index (Phi) is 5.07. The van der Waals surface area contributed by atoms with Gasteiger partial charge in [0.1, 0.15) is 17.4 Å². The average Bonchev–Trinajstić information content (AvgIpc) is 3.17. The van der Waals surface area contributed by atoms with Crippen molar-refractivity contribution in [2.24, 2.45) is 0 Å². The van der Waals surface area contributed by atoms with Crippen LogP contribution in [0.2, 0.25) is 0 Å². The van der Waals surface area contributed by atoms with Crippen molar-refractivity contribution in [3.63, 3.8) is 0 Å². The maximum atomic E-state index is 13.0. The zero-order chi connectivity index (χ0) is 20.2. The van der Waals surface area contributed by atoms with Crippen LogP contribution in [0, 0.1) is 5.82 Å². The molecule has 2 heterocycles. The van der Waals surface area contributed by atoms with E-state index in [4.69, 9.17) is 4.74 Å². The lowest BCUT2D eigenvalue weighted by atomic mass is 10.2. The van der Waals surface area contributed by atoms with Gasteiger partial charge in [0, 0.05) is 18.3 Å². The summed E-state index contributed by atoms with van der Waals surface area (Å²) in [4.78, 5) is 16.9. The Morgan fingerprint density at radius 1 is 1.14 bits per heavy atom. The lowest BCUT2D eigenvalue weighted by Gasteiger charge is -2.08. The Morgan fingerprint density at radius 3 is 2.76 bits per heavy atom. The number of nitrogens with zero attached hydrogens (tertiary/aromatic N) is 3. The first-order valence-corrected chi connectivity index (χ1v) is 8.91. The van der Waals surface area contributed by atoms with E-state index in [0.29, 0.717) is 35.1 Å². The summed E-state index contributed by atoms with van der Waals surface area (Å²) >= 11 is 0. The van der Waals surface area contributed by atoms with Crippen LogP contribution < -0.4 is 15.4 Å². The molecule has 8 heteroatoms. The molecule has 2 N–H and O–H groups in total. The molecule has 0 saturated heterocycles. The van der Waals surface area contributed by atoms with Gasteiger partial charge in [0.25, 0.3) is 5.91 Å². The van der Waals surface area contributed by atoms with Gasteiger partial charge in [0.15, 0.2) is 11.3 Å². The van der Waals surface area contributed by atoms with Gasteiger partial charge in [0.05, 0.1) is 13.3 Å². The Labute approximate surface area is 166 Å². The quantitative estimate of drug-likeness (QED) is 0.523. The maximum absolute atomic E-state index is 13.0. The number of hydrogen-bond acceptors (Lipinski definition) is 5. The highest BCUT2D eigenvalue weighted by Crippen LogP contribution is 2.18. The van der Waals surface area contributed by atoms with E-state index in [-0.39, 0.29) is 11.7 Å². The normalized spacial score (nSPS) is 10.7. The number of methoxy groups -OCH3 is 1. The first-order chi connectivity index (χ1) is 14.1. The third-order valence-electron chi connectivity index (χ3n) is 4.31. The number of ether oxygens (including phenoxy) is 1. The average molecular weight is 391 g/mol. The Bertz CT molecular complexity index is 1160. The van der Waals surface area contributed by atoms with Gasteiger partial charge in [-0.2, -0.15) is 0 Å². The molecule has 0 aliphatic heterocycles. The van der Waals surface area contributed by atoms with E-state index in [9.17, 15) is 9.18 Å². The summed E-state index contributed by atoms with van der Waals surface area (Å²) in [6.07, 6.45) is 1.47. The van der Waals surface area contributed by atoms with Gasteiger partial charge in [0.2, 0.25) is 0 Å². The highest BCUT2D eigenvalue weighted by atomic mass is 19.1. The monoisotopic (exact) mass is 391 g/mol. The minimum absolute atomic E-state index is 0.279. The van der Waals surface area contributed by atoms with Crippen LogP contribution in [0.1, 0.15) is 16.1 Å². The first kappa shape index (κ1) is 18.4. The number of carbonyl (C=O) groups excluding carboxylic acids is 1. The number of hydrogen-bond donors (Lipinski definition) is 2. The number of carbonyl (C=O) groups is 1. The topological polar surface area (TPSA) is 80.5 Å². The lowest BCUT2D eigenvalue weighted by molar-refractivity contribution is 0.102. The third-order valence-corrected chi connectivity index (χ3v) is 4.31.